The van der Waals surface area contributed by atoms with Crippen molar-refractivity contribution in [3.63, 3.8) is 0 Å². The third kappa shape index (κ3) is 2.40. The Morgan fingerprint density at radius 3 is 3.20 bits per heavy atom. The molecule has 1 aliphatic rings. The number of piperidine rings is 1. The average molecular weight is 296 g/mol. The van der Waals surface area contributed by atoms with Crippen LogP contribution < -0.4 is 10.6 Å². The predicted molar refractivity (Wildman–Crippen MR) is 78.6 cm³/mol. The van der Waals surface area contributed by atoms with E-state index < -0.39 is 0 Å². The SMILES string of the molecule is Cc1nc(N2CCCC(CCCl)C2)cc2n[nH]c(=O)n12. The highest BCUT2D eigenvalue weighted by Gasteiger charge is 2.21. The Balaban J connectivity index is 1.91. The topological polar surface area (TPSA) is 66.3 Å². The van der Waals surface area contributed by atoms with Crippen LogP contribution in [-0.4, -0.2) is 38.6 Å². The molecule has 3 heterocycles. The summed E-state index contributed by atoms with van der Waals surface area (Å²) in [5.41, 5.74) is 0.382. The number of aryl methyl sites for hydroxylation is 1. The van der Waals surface area contributed by atoms with Gasteiger partial charge in [0.15, 0.2) is 5.65 Å². The molecule has 20 heavy (non-hydrogen) atoms. The Kier molecular flexibility index (Phi) is 3.65. The van der Waals surface area contributed by atoms with Gasteiger partial charge in [0.1, 0.15) is 11.6 Å². The van der Waals surface area contributed by atoms with E-state index in [1.807, 2.05) is 13.0 Å². The van der Waals surface area contributed by atoms with Crippen molar-refractivity contribution in [2.75, 3.05) is 23.9 Å². The number of aromatic amines is 1. The maximum absolute atomic E-state index is 11.6. The molecule has 2 aromatic heterocycles. The normalized spacial score (nSPS) is 19.7. The van der Waals surface area contributed by atoms with Crippen LogP contribution in [-0.2, 0) is 0 Å². The van der Waals surface area contributed by atoms with Crippen molar-refractivity contribution in [2.24, 2.45) is 5.92 Å². The van der Waals surface area contributed by atoms with Gasteiger partial charge >= 0.3 is 5.69 Å². The van der Waals surface area contributed by atoms with Crippen molar-refractivity contribution in [3.05, 3.63) is 22.4 Å². The van der Waals surface area contributed by atoms with Crippen LogP contribution >= 0.6 is 11.6 Å². The van der Waals surface area contributed by atoms with Crippen LogP contribution in [0.4, 0.5) is 5.82 Å². The molecule has 7 heteroatoms. The molecule has 1 saturated heterocycles. The van der Waals surface area contributed by atoms with Gasteiger partial charge in [0.25, 0.3) is 0 Å². The van der Waals surface area contributed by atoms with Gasteiger partial charge in [0.05, 0.1) is 0 Å². The van der Waals surface area contributed by atoms with Crippen LogP contribution in [0, 0.1) is 12.8 Å². The number of nitrogens with one attached hydrogen (secondary N) is 1. The fourth-order valence-corrected chi connectivity index (χ4v) is 3.22. The number of alkyl halides is 1. The lowest BCUT2D eigenvalue weighted by atomic mass is 9.95. The van der Waals surface area contributed by atoms with E-state index in [2.05, 4.69) is 20.1 Å². The molecule has 1 N–H and O–H groups in total. The second kappa shape index (κ2) is 5.44. The highest BCUT2D eigenvalue weighted by Crippen LogP contribution is 2.24. The molecule has 0 saturated carbocycles. The number of halogens is 1. The fourth-order valence-electron chi connectivity index (χ4n) is 2.91. The van der Waals surface area contributed by atoms with Crippen molar-refractivity contribution in [2.45, 2.75) is 26.2 Å². The molecule has 1 fully saturated rings. The largest absolute Gasteiger partial charge is 0.356 e. The molecule has 0 spiro atoms. The first kappa shape index (κ1) is 13.4. The van der Waals surface area contributed by atoms with E-state index >= 15 is 0 Å². The second-order valence-corrected chi connectivity index (χ2v) is 5.69. The van der Waals surface area contributed by atoms with Crippen molar-refractivity contribution < 1.29 is 0 Å². The Morgan fingerprint density at radius 2 is 2.40 bits per heavy atom. The van der Waals surface area contributed by atoms with Gasteiger partial charge in [-0.2, -0.15) is 5.10 Å². The van der Waals surface area contributed by atoms with Gasteiger partial charge < -0.3 is 4.90 Å². The van der Waals surface area contributed by atoms with Gasteiger partial charge in [-0.25, -0.2) is 19.3 Å². The lowest BCUT2D eigenvalue weighted by molar-refractivity contribution is 0.404. The summed E-state index contributed by atoms with van der Waals surface area (Å²) < 4.78 is 1.49. The molecule has 0 radical (unpaired) electrons. The van der Waals surface area contributed by atoms with Gasteiger partial charge in [-0.1, -0.05) is 0 Å². The maximum atomic E-state index is 11.6. The number of H-pyrrole nitrogens is 1. The van der Waals surface area contributed by atoms with Crippen molar-refractivity contribution >= 4 is 23.1 Å². The summed E-state index contributed by atoms with van der Waals surface area (Å²) in [5.74, 6) is 2.89. The zero-order valence-electron chi connectivity index (χ0n) is 11.5. The summed E-state index contributed by atoms with van der Waals surface area (Å²) >= 11 is 5.85. The van der Waals surface area contributed by atoms with Gasteiger partial charge in [0, 0.05) is 25.0 Å². The van der Waals surface area contributed by atoms with Gasteiger partial charge in [0.2, 0.25) is 0 Å². The van der Waals surface area contributed by atoms with Crippen LogP contribution in [0.1, 0.15) is 25.1 Å². The first-order chi connectivity index (χ1) is 9.69. The standard InChI is InChI=1S/C13H18ClN5O/c1-9-15-11(7-12-16-17-13(20)19(9)12)18-6-2-3-10(8-18)4-5-14/h7,10H,2-6,8H2,1H3,(H,17,20). The first-order valence-electron chi connectivity index (χ1n) is 6.94. The van der Waals surface area contributed by atoms with Gasteiger partial charge in [-0.3, -0.25) is 0 Å². The van der Waals surface area contributed by atoms with E-state index in [4.69, 9.17) is 11.6 Å². The van der Waals surface area contributed by atoms with Crippen LogP contribution in [0.15, 0.2) is 10.9 Å². The van der Waals surface area contributed by atoms with Crippen LogP contribution in [0.3, 0.4) is 0 Å². The third-order valence-corrected chi connectivity index (χ3v) is 4.14. The maximum Gasteiger partial charge on any atom is 0.349 e. The quantitative estimate of drug-likeness (QED) is 0.873. The number of nitrogens with zero attached hydrogens (tertiary/aromatic N) is 4. The Hall–Kier alpha value is -1.56. The first-order valence-corrected chi connectivity index (χ1v) is 7.48. The predicted octanol–water partition coefficient (Wildman–Crippen LogP) is 1.57. The molecule has 6 nitrogen and oxygen atoms in total. The average Bonchev–Trinajstić information content (AvgIpc) is 2.81. The molecule has 0 amide bonds. The summed E-state index contributed by atoms with van der Waals surface area (Å²) in [6.07, 6.45) is 3.42. The molecule has 1 unspecified atom stereocenters. The number of rotatable bonds is 3. The van der Waals surface area contributed by atoms with E-state index in [1.165, 1.54) is 10.8 Å². The zero-order valence-corrected chi connectivity index (χ0v) is 12.2. The summed E-state index contributed by atoms with van der Waals surface area (Å²) in [6, 6.07) is 1.87. The van der Waals surface area contributed by atoms with Gasteiger partial charge in [-0.15, -0.1) is 11.6 Å². The Bertz CT molecular complexity index is 662. The van der Waals surface area contributed by atoms with Crippen LogP contribution in [0.2, 0.25) is 0 Å². The molecular weight excluding hydrogens is 278 g/mol. The van der Waals surface area contributed by atoms with Crippen LogP contribution in [0.25, 0.3) is 5.65 Å². The monoisotopic (exact) mass is 295 g/mol. The van der Waals surface area contributed by atoms with Crippen molar-refractivity contribution in [3.8, 4) is 0 Å². The highest BCUT2D eigenvalue weighted by molar-refractivity contribution is 6.17. The highest BCUT2D eigenvalue weighted by atomic mass is 35.5. The van der Waals surface area contributed by atoms with Crippen LogP contribution in [0.5, 0.6) is 0 Å². The minimum absolute atomic E-state index is 0.241. The molecule has 0 aliphatic carbocycles. The zero-order chi connectivity index (χ0) is 14.1. The summed E-state index contributed by atoms with van der Waals surface area (Å²) in [5, 5.41) is 6.49. The lowest BCUT2D eigenvalue weighted by Gasteiger charge is -2.33. The molecule has 1 aliphatic heterocycles. The summed E-state index contributed by atoms with van der Waals surface area (Å²) in [4.78, 5) is 18.4. The Morgan fingerprint density at radius 1 is 1.55 bits per heavy atom. The number of fused-ring (bicyclic) bond motifs is 1. The molecule has 2 aromatic rings. The number of aromatic nitrogens is 4. The molecule has 0 aromatic carbocycles. The molecule has 3 rings (SSSR count). The lowest BCUT2D eigenvalue weighted by Crippen LogP contribution is -2.36. The third-order valence-electron chi connectivity index (χ3n) is 3.92. The van der Waals surface area contributed by atoms with E-state index in [9.17, 15) is 4.79 Å². The minimum atomic E-state index is -0.241. The number of anilines is 1. The Labute approximate surface area is 121 Å². The summed E-state index contributed by atoms with van der Waals surface area (Å²) in [7, 11) is 0. The van der Waals surface area contributed by atoms with E-state index in [0.717, 1.165) is 31.7 Å². The smallest absolute Gasteiger partial charge is 0.349 e. The minimum Gasteiger partial charge on any atom is -0.356 e. The molecule has 0 bridgehead atoms. The molecule has 108 valence electrons. The second-order valence-electron chi connectivity index (χ2n) is 5.32. The van der Waals surface area contributed by atoms with Crippen molar-refractivity contribution in [1.29, 1.82) is 0 Å². The molecular formula is C13H18ClN5O. The molecule has 1 atom stereocenters. The number of hydrogen-bond acceptors (Lipinski definition) is 4. The number of hydrogen-bond donors (Lipinski definition) is 1. The van der Waals surface area contributed by atoms with Gasteiger partial charge in [-0.05, 0) is 32.1 Å². The van der Waals surface area contributed by atoms with E-state index in [-0.39, 0.29) is 5.69 Å². The summed E-state index contributed by atoms with van der Waals surface area (Å²) in [6.45, 7) is 3.80. The van der Waals surface area contributed by atoms with E-state index in [0.29, 0.717) is 23.3 Å². The van der Waals surface area contributed by atoms with E-state index in [1.54, 1.807) is 0 Å². The fraction of sp³-hybridized carbons (Fsp3) is 0.615. The van der Waals surface area contributed by atoms with Crippen molar-refractivity contribution in [1.82, 2.24) is 19.6 Å².